The van der Waals surface area contributed by atoms with Crippen molar-refractivity contribution in [3.63, 3.8) is 0 Å². The van der Waals surface area contributed by atoms with Crippen molar-refractivity contribution in [3.05, 3.63) is 199 Å². The van der Waals surface area contributed by atoms with E-state index in [2.05, 4.69) is 195 Å². The van der Waals surface area contributed by atoms with Gasteiger partial charge in [0.15, 0.2) is 5.58 Å². The standard InChI is InChI=1S/C55H37NO2/c1-55(2)46-21-10-8-17-39(46)40-31-28-36(32-47(40)55)44-33-45-42-20-12-23-49(54(42)58-53(45)41-18-7-6-16-38(41)44)56(37-29-26-35(27-30-37)34-14-4-3-5-15-34)48-22-13-25-51-52(48)43-19-9-11-24-50(43)57-51/h3-33H,1-2H3. The zero-order valence-corrected chi connectivity index (χ0v) is 32.2. The van der Waals surface area contributed by atoms with Gasteiger partial charge in [0, 0.05) is 32.6 Å². The summed E-state index contributed by atoms with van der Waals surface area (Å²) in [5, 5.41) is 6.58. The van der Waals surface area contributed by atoms with Gasteiger partial charge in [0.05, 0.1) is 16.8 Å². The van der Waals surface area contributed by atoms with Gasteiger partial charge in [-0.1, -0.05) is 153 Å². The lowest BCUT2D eigenvalue weighted by atomic mass is 9.81. The first-order valence-electron chi connectivity index (χ1n) is 20.0. The van der Waals surface area contributed by atoms with E-state index in [-0.39, 0.29) is 5.41 Å². The van der Waals surface area contributed by atoms with Crippen molar-refractivity contribution in [3.8, 4) is 33.4 Å². The van der Waals surface area contributed by atoms with Crippen LogP contribution in [-0.2, 0) is 5.41 Å². The molecule has 3 nitrogen and oxygen atoms in total. The molecule has 0 spiro atoms. The van der Waals surface area contributed by atoms with Gasteiger partial charge in [-0.05, 0) is 98.4 Å². The van der Waals surface area contributed by atoms with Crippen molar-refractivity contribution in [2.45, 2.75) is 19.3 Å². The van der Waals surface area contributed by atoms with Gasteiger partial charge in [0.2, 0.25) is 0 Å². The first kappa shape index (κ1) is 32.8. The Morgan fingerprint density at radius 1 is 0.379 bits per heavy atom. The Bertz CT molecular complexity index is 3420. The lowest BCUT2D eigenvalue weighted by Crippen LogP contribution is -2.14. The molecule has 1 aliphatic carbocycles. The van der Waals surface area contributed by atoms with E-state index in [0.717, 1.165) is 71.9 Å². The second-order valence-electron chi connectivity index (χ2n) is 16.0. The van der Waals surface area contributed by atoms with Crippen LogP contribution in [0, 0.1) is 0 Å². The van der Waals surface area contributed by atoms with Gasteiger partial charge in [-0.3, -0.25) is 0 Å². The van der Waals surface area contributed by atoms with Crippen LogP contribution >= 0.6 is 0 Å². The summed E-state index contributed by atoms with van der Waals surface area (Å²) in [5.74, 6) is 0. The Hall–Kier alpha value is -7.36. The Kier molecular flexibility index (Phi) is 6.98. The fourth-order valence-corrected chi connectivity index (χ4v) is 9.68. The number of hydrogen-bond acceptors (Lipinski definition) is 3. The van der Waals surface area contributed by atoms with Crippen molar-refractivity contribution in [1.29, 1.82) is 0 Å². The monoisotopic (exact) mass is 743 g/mol. The smallest absolute Gasteiger partial charge is 0.159 e. The van der Waals surface area contributed by atoms with Crippen LogP contribution in [0.25, 0.3) is 88.0 Å². The SMILES string of the molecule is CC1(C)c2ccccc2-c2ccc(-c3cc4c5cccc(N(c6ccc(-c7ccccc7)cc6)c6cccc7oc8ccccc8c67)c5oc4c4ccccc34)cc21. The maximum atomic E-state index is 7.17. The molecule has 0 unspecified atom stereocenters. The van der Waals surface area contributed by atoms with Crippen LogP contribution in [0.5, 0.6) is 0 Å². The molecule has 274 valence electrons. The van der Waals surface area contributed by atoms with E-state index in [1.807, 2.05) is 12.1 Å². The predicted octanol–water partition coefficient (Wildman–Crippen LogP) is 15.7. The molecule has 0 bridgehead atoms. The van der Waals surface area contributed by atoms with Gasteiger partial charge in [0.25, 0.3) is 0 Å². The van der Waals surface area contributed by atoms with Gasteiger partial charge in [-0.25, -0.2) is 0 Å². The topological polar surface area (TPSA) is 29.5 Å². The minimum atomic E-state index is -0.0923. The molecule has 11 aromatic rings. The maximum absolute atomic E-state index is 7.17. The lowest BCUT2D eigenvalue weighted by molar-refractivity contribution is 0.660. The van der Waals surface area contributed by atoms with Crippen molar-refractivity contribution >= 4 is 71.7 Å². The van der Waals surface area contributed by atoms with Crippen LogP contribution in [0.2, 0.25) is 0 Å². The Morgan fingerprint density at radius 3 is 1.86 bits per heavy atom. The second-order valence-corrected chi connectivity index (χ2v) is 16.0. The van der Waals surface area contributed by atoms with Gasteiger partial charge in [-0.2, -0.15) is 0 Å². The number of anilines is 3. The predicted molar refractivity (Wildman–Crippen MR) is 242 cm³/mol. The Labute approximate surface area is 336 Å². The highest BCUT2D eigenvalue weighted by Crippen LogP contribution is 2.51. The van der Waals surface area contributed by atoms with Crippen molar-refractivity contribution < 1.29 is 8.83 Å². The highest BCUT2D eigenvalue weighted by atomic mass is 16.3. The van der Waals surface area contributed by atoms with Gasteiger partial charge < -0.3 is 13.7 Å². The van der Waals surface area contributed by atoms with E-state index in [4.69, 9.17) is 8.83 Å². The average molecular weight is 744 g/mol. The molecule has 12 rings (SSSR count). The number of rotatable bonds is 5. The molecule has 1 aliphatic rings. The van der Waals surface area contributed by atoms with E-state index in [9.17, 15) is 0 Å². The molecule has 2 heterocycles. The Morgan fingerprint density at radius 2 is 1.00 bits per heavy atom. The molecule has 0 aliphatic heterocycles. The quantitative estimate of drug-likeness (QED) is 0.176. The fraction of sp³-hybridized carbons (Fsp3) is 0.0545. The minimum absolute atomic E-state index is 0.0923. The number of nitrogens with zero attached hydrogens (tertiary/aromatic N) is 1. The van der Waals surface area contributed by atoms with Crippen molar-refractivity contribution in [1.82, 2.24) is 0 Å². The van der Waals surface area contributed by atoms with Crippen LogP contribution in [0.3, 0.4) is 0 Å². The molecule has 0 N–H and O–H groups in total. The summed E-state index contributed by atoms with van der Waals surface area (Å²) in [5.41, 5.74) is 16.5. The maximum Gasteiger partial charge on any atom is 0.159 e. The van der Waals surface area contributed by atoms with Crippen LogP contribution in [0.4, 0.5) is 17.1 Å². The lowest BCUT2D eigenvalue weighted by Gasteiger charge is -2.26. The van der Waals surface area contributed by atoms with E-state index in [1.54, 1.807) is 0 Å². The first-order valence-corrected chi connectivity index (χ1v) is 20.0. The molecule has 0 atom stereocenters. The zero-order chi connectivity index (χ0) is 38.5. The third-order valence-electron chi connectivity index (χ3n) is 12.5. The molecule has 0 radical (unpaired) electrons. The number of benzene rings is 9. The molecular formula is C55H37NO2. The highest BCUT2D eigenvalue weighted by Gasteiger charge is 2.35. The summed E-state index contributed by atoms with van der Waals surface area (Å²) in [6.07, 6.45) is 0. The van der Waals surface area contributed by atoms with Crippen LogP contribution in [0.15, 0.2) is 197 Å². The summed E-state index contributed by atoms with van der Waals surface area (Å²) in [6, 6.07) is 67.5. The summed E-state index contributed by atoms with van der Waals surface area (Å²) < 4.78 is 13.6. The van der Waals surface area contributed by atoms with Crippen molar-refractivity contribution in [2.75, 3.05) is 4.90 Å². The van der Waals surface area contributed by atoms with Gasteiger partial charge >= 0.3 is 0 Å². The molecule has 0 saturated heterocycles. The largest absolute Gasteiger partial charge is 0.456 e. The minimum Gasteiger partial charge on any atom is -0.456 e. The summed E-state index contributed by atoms with van der Waals surface area (Å²) >= 11 is 0. The number of hydrogen-bond donors (Lipinski definition) is 0. The highest BCUT2D eigenvalue weighted by molar-refractivity contribution is 6.22. The normalized spacial score (nSPS) is 13.1. The van der Waals surface area contributed by atoms with Crippen LogP contribution < -0.4 is 4.90 Å². The summed E-state index contributed by atoms with van der Waals surface area (Å²) in [6.45, 7) is 4.70. The average Bonchev–Trinajstić information content (AvgIpc) is 3.92. The molecule has 3 heteroatoms. The van der Waals surface area contributed by atoms with Crippen LogP contribution in [0.1, 0.15) is 25.0 Å². The fourth-order valence-electron chi connectivity index (χ4n) is 9.68. The molecular weight excluding hydrogens is 707 g/mol. The Balaban J connectivity index is 1.10. The zero-order valence-electron chi connectivity index (χ0n) is 32.2. The third-order valence-corrected chi connectivity index (χ3v) is 12.5. The molecule has 0 saturated carbocycles. The summed E-state index contributed by atoms with van der Waals surface area (Å²) in [7, 11) is 0. The van der Waals surface area contributed by atoms with Crippen molar-refractivity contribution in [2.24, 2.45) is 0 Å². The third kappa shape index (κ3) is 4.74. The van der Waals surface area contributed by atoms with E-state index in [0.29, 0.717) is 0 Å². The first-order chi connectivity index (χ1) is 28.5. The number of fused-ring (bicyclic) bond motifs is 11. The molecule has 9 aromatic carbocycles. The molecule has 58 heavy (non-hydrogen) atoms. The summed E-state index contributed by atoms with van der Waals surface area (Å²) in [4.78, 5) is 2.34. The van der Waals surface area contributed by atoms with Gasteiger partial charge in [0.1, 0.15) is 16.7 Å². The second kappa shape index (κ2) is 12.3. The van der Waals surface area contributed by atoms with Crippen LogP contribution in [-0.4, -0.2) is 0 Å². The number of furan rings is 2. The molecule has 2 aromatic heterocycles. The van der Waals surface area contributed by atoms with E-state index in [1.165, 1.54) is 44.3 Å². The van der Waals surface area contributed by atoms with Gasteiger partial charge in [-0.15, -0.1) is 0 Å². The van der Waals surface area contributed by atoms with E-state index >= 15 is 0 Å². The number of para-hydroxylation sites is 2. The molecule has 0 amide bonds. The van der Waals surface area contributed by atoms with E-state index < -0.39 is 0 Å². The molecule has 0 fully saturated rings.